The number of benzene rings is 1. The predicted molar refractivity (Wildman–Crippen MR) is 123 cm³/mol. The van der Waals surface area contributed by atoms with Crippen LogP contribution in [0.1, 0.15) is 39.8 Å². The maximum Gasteiger partial charge on any atom is 0.490 e. The van der Waals surface area contributed by atoms with Gasteiger partial charge in [0, 0.05) is 11.5 Å². The Morgan fingerprint density at radius 3 is 2.47 bits per heavy atom. The van der Waals surface area contributed by atoms with Crippen molar-refractivity contribution in [3.8, 4) is 11.3 Å². The van der Waals surface area contributed by atoms with Crippen LogP contribution in [0.15, 0.2) is 24.4 Å². The number of nitrogens with zero attached hydrogens (tertiary/aromatic N) is 4. The lowest BCUT2D eigenvalue weighted by atomic mass is 9.99. The molecule has 0 aliphatic carbocycles. The third-order valence-corrected chi connectivity index (χ3v) is 6.67. The standard InChI is InChI=1S/C20H19FN6OS.C2HF3O2/c1-10-9-27-19(24-10)13(18(22)28)8-15(26-27)12-6-14(21)17-16(7-12)29-20(25-17)11-2-4-23-5-3-11;3-2(4,5)1(6)7/h6-9,11,23H,2-5H2,1H3,(H2,22,28);(H,6,7). The van der Waals surface area contributed by atoms with Gasteiger partial charge in [0.1, 0.15) is 5.52 Å². The number of aryl methyl sites for hydroxylation is 1. The van der Waals surface area contributed by atoms with Crippen molar-refractivity contribution in [2.24, 2.45) is 5.73 Å². The highest BCUT2D eigenvalue weighted by Crippen LogP contribution is 2.35. The lowest BCUT2D eigenvalue weighted by Crippen LogP contribution is -2.26. The molecule has 3 aromatic heterocycles. The number of primary amides is 1. The van der Waals surface area contributed by atoms with Crippen LogP contribution in [0, 0.1) is 12.7 Å². The molecule has 1 aromatic carbocycles. The molecule has 0 atom stereocenters. The van der Waals surface area contributed by atoms with Gasteiger partial charge in [-0.05, 0) is 51.1 Å². The first kappa shape index (κ1) is 25.4. The fourth-order valence-electron chi connectivity index (χ4n) is 3.81. The number of nitrogens with two attached hydrogens (primary N) is 1. The van der Waals surface area contributed by atoms with Crippen LogP contribution in [-0.2, 0) is 4.79 Å². The number of aliphatic carboxylic acids is 1. The Bertz CT molecular complexity index is 1460. The SMILES string of the molecule is Cc1cn2nc(-c3cc(F)c4nc(C5CCNCC5)sc4c3)cc(C(N)=O)c2n1.O=C(O)C(F)(F)F. The van der Waals surface area contributed by atoms with Gasteiger partial charge in [0.15, 0.2) is 11.5 Å². The Morgan fingerprint density at radius 2 is 1.86 bits per heavy atom. The summed E-state index contributed by atoms with van der Waals surface area (Å²) in [4.78, 5) is 29.7. The first-order valence-corrected chi connectivity index (χ1v) is 11.5. The lowest BCUT2D eigenvalue weighted by molar-refractivity contribution is -0.192. The minimum atomic E-state index is -5.08. The summed E-state index contributed by atoms with van der Waals surface area (Å²) in [7, 11) is 0. The number of nitrogens with one attached hydrogen (secondary N) is 1. The largest absolute Gasteiger partial charge is 0.490 e. The van der Waals surface area contributed by atoms with Crippen molar-refractivity contribution in [3.63, 3.8) is 0 Å². The number of fused-ring (bicyclic) bond motifs is 2. The van der Waals surface area contributed by atoms with Gasteiger partial charge in [0.25, 0.3) is 5.91 Å². The quantitative estimate of drug-likeness (QED) is 0.348. The van der Waals surface area contributed by atoms with Gasteiger partial charge in [-0.25, -0.2) is 23.7 Å². The maximum absolute atomic E-state index is 14.9. The van der Waals surface area contributed by atoms with E-state index in [2.05, 4.69) is 20.4 Å². The minimum Gasteiger partial charge on any atom is -0.475 e. The fourth-order valence-corrected chi connectivity index (χ4v) is 5.00. The second-order valence-electron chi connectivity index (χ2n) is 8.14. The van der Waals surface area contributed by atoms with Gasteiger partial charge in [0.05, 0.1) is 32.9 Å². The Hall–Kier alpha value is -3.65. The molecule has 4 aromatic rings. The number of hydrogen-bond acceptors (Lipinski definition) is 7. The number of piperidine rings is 1. The number of aromatic nitrogens is 4. The molecule has 0 spiro atoms. The Balaban J connectivity index is 0.000000384. The molecular weight excluding hydrogens is 504 g/mol. The van der Waals surface area contributed by atoms with E-state index >= 15 is 0 Å². The van der Waals surface area contributed by atoms with Gasteiger partial charge < -0.3 is 16.2 Å². The highest BCUT2D eigenvalue weighted by atomic mass is 32.1. The van der Waals surface area contributed by atoms with Crippen molar-refractivity contribution in [3.05, 3.63) is 46.5 Å². The van der Waals surface area contributed by atoms with Gasteiger partial charge >= 0.3 is 12.1 Å². The van der Waals surface area contributed by atoms with E-state index in [-0.39, 0.29) is 5.56 Å². The molecule has 0 unspecified atom stereocenters. The van der Waals surface area contributed by atoms with Crippen molar-refractivity contribution in [1.29, 1.82) is 0 Å². The number of alkyl halides is 3. The summed E-state index contributed by atoms with van der Waals surface area (Å²) >= 11 is 1.53. The van der Waals surface area contributed by atoms with Crippen LogP contribution in [0.3, 0.4) is 0 Å². The van der Waals surface area contributed by atoms with E-state index in [0.29, 0.717) is 34.0 Å². The molecule has 1 saturated heterocycles. The molecule has 4 N–H and O–H groups in total. The summed E-state index contributed by atoms with van der Waals surface area (Å²) in [5.74, 6) is -3.39. The van der Waals surface area contributed by atoms with Gasteiger partial charge in [0.2, 0.25) is 0 Å². The first-order valence-electron chi connectivity index (χ1n) is 10.7. The monoisotopic (exact) mass is 524 g/mol. The zero-order valence-corrected chi connectivity index (χ0v) is 19.6. The molecule has 36 heavy (non-hydrogen) atoms. The van der Waals surface area contributed by atoms with Crippen molar-refractivity contribution in [1.82, 2.24) is 24.9 Å². The number of amides is 1. The van der Waals surface area contributed by atoms with E-state index in [1.54, 1.807) is 12.3 Å². The van der Waals surface area contributed by atoms with E-state index in [1.165, 1.54) is 21.9 Å². The van der Waals surface area contributed by atoms with Crippen LogP contribution in [0.4, 0.5) is 17.6 Å². The average Bonchev–Trinajstić information content (AvgIpc) is 3.41. The Morgan fingerprint density at radius 1 is 1.19 bits per heavy atom. The van der Waals surface area contributed by atoms with Crippen LogP contribution in [0.25, 0.3) is 27.1 Å². The van der Waals surface area contributed by atoms with Crippen LogP contribution in [0.5, 0.6) is 0 Å². The van der Waals surface area contributed by atoms with Crippen molar-refractivity contribution >= 4 is 39.1 Å². The molecule has 1 aliphatic rings. The van der Waals surface area contributed by atoms with E-state index in [4.69, 9.17) is 15.6 Å². The Kier molecular flexibility index (Phi) is 6.91. The maximum atomic E-state index is 14.9. The molecule has 9 nitrogen and oxygen atoms in total. The molecule has 0 saturated carbocycles. The minimum absolute atomic E-state index is 0.253. The number of carboxylic acids is 1. The summed E-state index contributed by atoms with van der Waals surface area (Å²) in [6.45, 7) is 3.72. The molecule has 5 rings (SSSR count). The average molecular weight is 525 g/mol. The van der Waals surface area contributed by atoms with Gasteiger partial charge in [-0.3, -0.25) is 4.79 Å². The Labute approximate surface area is 205 Å². The number of halogens is 4. The lowest BCUT2D eigenvalue weighted by Gasteiger charge is -2.20. The molecule has 4 heterocycles. The summed E-state index contributed by atoms with van der Waals surface area (Å²) < 4.78 is 48.9. The van der Waals surface area contributed by atoms with Crippen LogP contribution in [-0.4, -0.2) is 55.8 Å². The number of rotatable bonds is 3. The smallest absolute Gasteiger partial charge is 0.475 e. The molecule has 1 aliphatic heterocycles. The number of thiazole rings is 1. The van der Waals surface area contributed by atoms with E-state index in [1.807, 2.05) is 13.0 Å². The molecule has 14 heteroatoms. The number of hydrogen-bond donors (Lipinski definition) is 3. The normalized spacial score (nSPS) is 14.6. The number of carbonyl (C=O) groups excluding carboxylic acids is 1. The van der Waals surface area contributed by atoms with E-state index in [0.717, 1.165) is 35.6 Å². The summed E-state index contributed by atoms with van der Waals surface area (Å²) in [6.07, 6.45) is -1.36. The fraction of sp³-hybridized carbons (Fsp3) is 0.318. The number of carboxylic acid groups (broad SMARTS) is 1. The van der Waals surface area contributed by atoms with Crippen molar-refractivity contribution < 1.29 is 32.3 Å². The zero-order valence-electron chi connectivity index (χ0n) is 18.8. The molecule has 190 valence electrons. The number of imidazole rings is 1. The van der Waals surface area contributed by atoms with Crippen LogP contribution < -0.4 is 11.1 Å². The highest BCUT2D eigenvalue weighted by molar-refractivity contribution is 7.18. The van der Waals surface area contributed by atoms with E-state index in [9.17, 15) is 22.4 Å². The van der Waals surface area contributed by atoms with E-state index < -0.39 is 23.9 Å². The third-order valence-electron chi connectivity index (χ3n) is 5.50. The van der Waals surface area contributed by atoms with Crippen molar-refractivity contribution in [2.45, 2.75) is 31.9 Å². The predicted octanol–water partition coefficient (Wildman–Crippen LogP) is 3.65. The number of carbonyl (C=O) groups is 2. The molecule has 0 bridgehead atoms. The second kappa shape index (κ2) is 9.78. The van der Waals surface area contributed by atoms with Crippen molar-refractivity contribution in [2.75, 3.05) is 13.1 Å². The summed E-state index contributed by atoms with van der Waals surface area (Å²) in [6, 6.07) is 4.86. The third kappa shape index (κ3) is 5.28. The van der Waals surface area contributed by atoms with Crippen LogP contribution in [0.2, 0.25) is 0 Å². The molecule has 0 radical (unpaired) electrons. The topological polar surface area (TPSA) is 136 Å². The van der Waals surface area contributed by atoms with Gasteiger partial charge in [-0.1, -0.05) is 0 Å². The molecular formula is C22H20F4N6O3S. The highest BCUT2D eigenvalue weighted by Gasteiger charge is 2.38. The van der Waals surface area contributed by atoms with Crippen LogP contribution >= 0.6 is 11.3 Å². The summed E-state index contributed by atoms with van der Waals surface area (Å²) in [5.41, 5.74) is 8.32. The molecule has 1 fully saturated rings. The van der Waals surface area contributed by atoms with Gasteiger partial charge in [-0.2, -0.15) is 18.3 Å². The molecule has 1 amide bonds. The summed E-state index contributed by atoms with van der Waals surface area (Å²) in [5, 5.41) is 16.0. The first-order chi connectivity index (χ1) is 16.9. The zero-order chi connectivity index (χ0) is 26.2. The second-order valence-corrected chi connectivity index (χ2v) is 9.20. The van der Waals surface area contributed by atoms with Gasteiger partial charge in [-0.15, -0.1) is 11.3 Å².